The summed E-state index contributed by atoms with van der Waals surface area (Å²) in [5.41, 5.74) is 0. The first kappa shape index (κ1) is 20.7. The summed E-state index contributed by atoms with van der Waals surface area (Å²) in [4.78, 5) is 23.8. The Morgan fingerprint density at radius 1 is 0.826 bits per heavy atom. The number of Topliss-reactive ketones (excluding diaryl/α,β-unsaturated/α-hetero) is 1. The van der Waals surface area contributed by atoms with Crippen LogP contribution in [0.4, 0.5) is 0 Å². The lowest BCUT2D eigenvalue weighted by atomic mass is 9.91. The second kappa shape index (κ2) is 11.3. The molecule has 0 bridgehead atoms. The van der Waals surface area contributed by atoms with E-state index in [1.54, 1.807) is 6.92 Å². The van der Waals surface area contributed by atoms with Crippen molar-refractivity contribution in [2.24, 2.45) is 5.92 Å². The van der Waals surface area contributed by atoms with Crippen molar-refractivity contribution in [2.45, 2.75) is 109 Å². The lowest BCUT2D eigenvalue weighted by molar-refractivity contribution is -0.127. The average Bonchev–Trinajstić information content (AvgIpc) is 2.72. The van der Waals surface area contributed by atoms with E-state index in [2.05, 4.69) is 6.92 Å². The maximum absolute atomic E-state index is 12.1. The molecule has 23 heavy (non-hydrogen) atoms. The molecule has 3 heteroatoms. The van der Waals surface area contributed by atoms with Gasteiger partial charge in [-0.1, -0.05) is 95.7 Å². The van der Waals surface area contributed by atoms with Gasteiger partial charge in [-0.25, -0.2) is 0 Å². The van der Waals surface area contributed by atoms with Gasteiger partial charge in [0.15, 0.2) is 10.9 Å². The topological polar surface area (TPSA) is 34.1 Å². The summed E-state index contributed by atoms with van der Waals surface area (Å²) >= 11 is 1.28. The van der Waals surface area contributed by atoms with E-state index in [0.717, 1.165) is 12.8 Å². The molecule has 0 radical (unpaired) electrons. The molecule has 0 aliphatic carbocycles. The molecule has 2 unspecified atom stereocenters. The van der Waals surface area contributed by atoms with Gasteiger partial charge >= 0.3 is 0 Å². The number of carbonyl (C=O) groups excluding carboxylic acids is 2. The van der Waals surface area contributed by atoms with Crippen molar-refractivity contribution in [1.82, 2.24) is 0 Å². The van der Waals surface area contributed by atoms with Crippen LogP contribution in [0.2, 0.25) is 0 Å². The number of hydrogen-bond acceptors (Lipinski definition) is 3. The predicted octanol–water partition coefficient (Wildman–Crippen LogP) is 6.31. The Morgan fingerprint density at radius 2 is 1.26 bits per heavy atom. The zero-order valence-electron chi connectivity index (χ0n) is 15.5. The Hall–Kier alpha value is -0.310. The maximum Gasteiger partial charge on any atom is 0.200 e. The molecule has 0 spiro atoms. The standard InChI is InChI=1S/C20H36O2S/c1-4-5-6-7-8-9-10-11-12-13-14-15-16-20(3)18(21)17(2)19(22)23-20/h17H,4-16H2,1-3H3. The molecule has 0 saturated carbocycles. The molecule has 0 aromatic carbocycles. The third-order valence-electron chi connectivity index (χ3n) is 5.10. The molecule has 0 amide bonds. The van der Waals surface area contributed by atoms with Crippen molar-refractivity contribution >= 4 is 22.7 Å². The van der Waals surface area contributed by atoms with Gasteiger partial charge in [-0.05, 0) is 20.3 Å². The Balaban J connectivity index is 1.94. The summed E-state index contributed by atoms with van der Waals surface area (Å²) in [5.74, 6) is -0.238. The van der Waals surface area contributed by atoms with Crippen molar-refractivity contribution in [3.63, 3.8) is 0 Å². The normalized spacial score (nSPS) is 24.6. The Bertz CT molecular complexity index is 367. The Labute approximate surface area is 147 Å². The lowest BCUT2D eigenvalue weighted by Gasteiger charge is -2.19. The summed E-state index contributed by atoms with van der Waals surface area (Å²) in [6.45, 7) is 5.98. The summed E-state index contributed by atoms with van der Waals surface area (Å²) in [6, 6.07) is 0. The van der Waals surface area contributed by atoms with Crippen LogP contribution in [0.1, 0.15) is 104 Å². The fraction of sp³-hybridized carbons (Fsp3) is 0.900. The Kier molecular flexibility index (Phi) is 10.2. The van der Waals surface area contributed by atoms with Gasteiger partial charge in [0, 0.05) is 0 Å². The van der Waals surface area contributed by atoms with E-state index in [1.165, 1.54) is 82.4 Å². The number of rotatable bonds is 13. The van der Waals surface area contributed by atoms with Gasteiger partial charge < -0.3 is 0 Å². The van der Waals surface area contributed by atoms with E-state index in [9.17, 15) is 9.59 Å². The molecule has 0 N–H and O–H groups in total. The number of carbonyl (C=O) groups is 2. The number of thioether (sulfide) groups is 1. The van der Waals surface area contributed by atoms with Crippen LogP contribution in [0.5, 0.6) is 0 Å². The minimum absolute atomic E-state index is 0.0661. The smallest absolute Gasteiger partial charge is 0.200 e. The molecule has 0 aromatic rings. The molecular weight excluding hydrogens is 304 g/mol. The number of unbranched alkanes of at least 4 members (excludes halogenated alkanes) is 11. The van der Waals surface area contributed by atoms with Gasteiger partial charge in [-0.3, -0.25) is 9.59 Å². The van der Waals surface area contributed by atoms with E-state index in [1.807, 2.05) is 6.92 Å². The van der Waals surface area contributed by atoms with Crippen molar-refractivity contribution in [3.05, 3.63) is 0 Å². The largest absolute Gasteiger partial charge is 0.297 e. The quantitative estimate of drug-likeness (QED) is 0.291. The second-order valence-corrected chi connectivity index (χ2v) is 8.88. The second-order valence-electron chi connectivity index (χ2n) is 7.38. The fourth-order valence-corrected chi connectivity index (χ4v) is 4.65. The lowest BCUT2D eigenvalue weighted by Crippen LogP contribution is -2.29. The predicted molar refractivity (Wildman–Crippen MR) is 101 cm³/mol. The summed E-state index contributed by atoms with van der Waals surface area (Å²) in [6.07, 6.45) is 16.8. The van der Waals surface area contributed by atoms with Crippen LogP contribution >= 0.6 is 11.8 Å². The summed E-state index contributed by atoms with van der Waals surface area (Å²) in [5, 5.41) is 0.0661. The first-order valence-corrected chi connectivity index (χ1v) is 10.6. The minimum atomic E-state index is -0.436. The van der Waals surface area contributed by atoms with E-state index in [0.29, 0.717) is 0 Å². The van der Waals surface area contributed by atoms with Crippen LogP contribution in [0, 0.1) is 5.92 Å². The van der Waals surface area contributed by atoms with Crippen molar-refractivity contribution in [3.8, 4) is 0 Å². The molecule has 2 atom stereocenters. The number of hydrogen-bond donors (Lipinski definition) is 0. The zero-order valence-corrected chi connectivity index (χ0v) is 16.3. The first-order valence-electron chi connectivity index (χ1n) is 9.78. The van der Waals surface area contributed by atoms with Crippen molar-refractivity contribution < 1.29 is 9.59 Å². The van der Waals surface area contributed by atoms with Crippen LogP contribution < -0.4 is 0 Å². The van der Waals surface area contributed by atoms with Gasteiger partial charge in [0.05, 0.1) is 10.7 Å². The third-order valence-corrected chi connectivity index (χ3v) is 6.51. The van der Waals surface area contributed by atoms with Gasteiger partial charge in [-0.2, -0.15) is 0 Å². The van der Waals surface area contributed by atoms with Crippen LogP contribution in [-0.4, -0.2) is 15.6 Å². The van der Waals surface area contributed by atoms with E-state index < -0.39 is 4.75 Å². The molecule has 1 fully saturated rings. The molecule has 1 aliphatic heterocycles. The average molecular weight is 341 g/mol. The molecule has 1 saturated heterocycles. The van der Waals surface area contributed by atoms with Crippen LogP contribution in [0.3, 0.4) is 0 Å². The molecular formula is C20H36O2S. The monoisotopic (exact) mass is 340 g/mol. The molecule has 2 nitrogen and oxygen atoms in total. The summed E-state index contributed by atoms with van der Waals surface area (Å²) < 4.78 is -0.436. The third kappa shape index (κ3) is 7.41. The number of ketones is 1. The fourth-order valence-electron chi connectivity index (χ4n) is 3.40. The van der Waals surface area contributed by atoms with Gasteiger partial charge in [0.2, 0.25) is 0 Å². The molecule has 134 valence electrons. The highest BCUT2D eigenvalue weighted by Gasteiger charge is 2.47. The van der Waals surface area contributed by atoms with Crippen LogP contribution in [0.25, 0.3) is 0 Å². The van der Waals surface area contributed by atoms with E-state index in [4.69, 9.17) is 0 Å². The highest BCUT2D eigenvalue weighted by Crippen LogP contribution is 2.42. The van der Waals surface area contributed by atoms with E-state index in [-0.39, 0.29) is 16.8 Å². The van der Waals surface area contributed by atoms with E-state index >= 15 is 0 Å². The highest BCUT2D eigenvalue weighted by atomic mass is 32.2. The van der Waals surface area contributed by atoms with Gasteiger partial charge in [-0.15, -0.1) is 0 Å². The Morgan fingerprint density at radius 3 is 1.65 bits per heavy atom. The molecule has 1 heterocycles. The molecule has 1 rings (SSSR count). The van der Waals surface area contributed by atoms with Gasteiger partial charge in [0.25, 0.3) is 0 Å². The maximum atomic E-state index is 12.1. The SMILES string of the molecule is CCCCCCCCCCCCCCC1(C)SC(=O)C(C)C1=O. The van der Waals surface area contributed by atoms with Crippen LogP contribution in [-0.2, 0) is 9.59 Å². The highest BCUT2D eigenvalue weighted by molar-refractivity contribution is 8.16. The molecule has 0 aromatic heterocycles. The molecule has 1 aliphatic rings. The van der Waals surface area contributed by atoms with Gasteiger partial charge in [0.1, 0.15) is 0 Å². The minimum Gasteiger partial charge on any atom is -0.297 e. The van der Waals surface area contributed by atoms with Crippen molar-refractivity contribution in [1.29, 1.82) is 0 Å². The first-order chi connectivity index (χ1) is 11.0. The summed E-state index contributed by atoms with van der Waals surface area (Å²) in [7, 11) is 0. The van der Waals surface area contributed by atoms with Crippen molar-refractivity contribution in [2.75, 3.05) is 0 Å². The van der Waals surface area contributed by atoms with Crippen LogP contribution in [0.15, 0.2) is 0 Å². The zero-order chi connectivity index (χ0) is 17.1.